The molecule has 0 heterocycles. The highest BCUT2D eigenvalue weighted by atomic mass is 35.5. The molecule has 0 fully saturated rings. The fraction of sp³-hybridized carbons (Fsp3) is 0.462. The first-order valence-corrected chi connectivity index (χ1v) is 8.69. The largest absolute Gasteiger partial charge is 0.495 e. The summed E-state index contributed by atoms with van der Waals surface area (Å²) in [5, 5.41) is 3.32. The van der Waals surface area contributed by atoms with Crippen LogP contribution in [0.5, 0.6) is 5.75 Å². The van der Waals surface area contributed by atoms with Gasteiger partial charge in [0.1, 0.15) is 5.75 Å². The van der Waals surface area contributed by atoms with E-state index in [2.05, 4.69) is 15.0 Å². The van der Waals surface area contributed by atoms with Gasteiger partial charge in [-0.1, -0.05) is 11.6 Å². The topological polar surface area (TPSA) is 106 Å². The molecular formula is C13H21ClN4O3S. The molecule has 0 aliphatic heterocycles. The zero-order valence-corrected chi connectivity index (χ0v) is 14.5. The number of sulfonamides is 1. The van der Waals surface area contributed by atoms with Crippen LogP contribution in [0.15, 0.2) is 23.2 Å². The molecule has 0 aliphatic rings. The second-order valence-corrected chi connectivity index (χ2v) is 7.59. The number of nitrogens with two attached hydrogens (primary N) is 1. The molecule has 1 aromatic rings. The number of benzene rings is 1. The Hall–Kier alpha value is -1.51. The van der Waals surface area contributed by atoms with E-state index in [1.165, 1.54) is 7.11 Å². The first-order chi connectivity index (χ1) is 10.0. The van der Waals surface area contributed by atoms with Crippen molar-refractivity contribution < 1.29 is 13.2 Å². The molecule has 22 heavy (non-hydrogen) atoms. The molecule has 0 bridgehead atoms. The van der Waals surface area contributed by atoms with Crippen LogP contribution in [-0.4, -0.2) is 39.8 Å². The fourth-order valence-corrected chi connectivity index (χ4v) is 3.07. The van der Waals surface area contributed by atoms with Gasteiger partial charge in [0.25, 0.3) is 0 Å². The predicted molar refractivity (Wildman–Crippen MR) is 90.2 cm³/mol. The van der Waals surface area contributed by atoms with Crippen molar-refractivity contribution in [3.05, 3.63) is 23.2 Å². The van der Waals surface area contributed by atoms with Crippen LogP contribution in [-0.2, 0) is 10.0 Å². The lowest BCUT2D eigenvalue weighted by molar-refractivity contribution is 0.415. The molecule has 0 amide bonds. The van der Waals surface area contributed by atoms with Crippen molar-refractivity contribution in [2.45, 2.75) is 19.4 Å². The first-order valence-electron chi connectivity index (χ1n) is 6.42. The van der Waals surface area contributed by atoms with E-state index in [1.807, 2.05) is 0 Å². The van der Waals surface area contributed by atoms with Crippen molar-refractivity contribution >= 4 is 33.3 Å². The number of hydrogen-bond acceptors (Lipinski definition) is 4. The number of aliphatic imine (C=N–C) groups is 1. The van der Waals surface area contributed by atoms with E-state index in [0.717, 1.165) is 6.26 Å². The molecule has 7 nitrogen and oxygen atoms in total. The third-order valence-corrected chi connectivity index (χ3v) is 3.75. The Balaban J connectivity index is 2.72. The maximum Gasteiger partial charge on any atom is 0.209 e. The van der Waals surface area contributed by atoms with E-state index in [4.69, 9.17) is 22.1 Å². The summed E-state index contributed by atoms with van der Waals surface area (Å²) in [4.78, 5) is 4.13. The highest BCUT2D eigenvalue weighted by molar-refractivity contribution is 7.88. The number of guanidine groups is 1. The second kappa shape index (κ2) is 7.17. The van der Waals surface area contributed by atoms with Crippen LogP contribution < -0.4 is 20.5 Å². The number of hydrogen-bond donors (Lipinski definition) is 3. The van der Waals surface area contributed by atoms with Crippen molar-refractivity contribution in [1.29, 1.82) is 0 Å². The smallest absolute Gasteiger partial charge is 0.209 e. The Bertz CT molecular complexity index is 659. The maximum absolute atomic E-state index is 11.2. The number of methoxy groups -OCH3 is 1. The van der Waals surface area contributed by atoms with E-state index in [1.54, 1.807) is 32.0 Å². The van der Waals surface area contributed by atoms with Crippen molar-refractivity contribution in [2.75, 3.05) is 25.2 Å². The molecule has 0 unspecified atom stereocenters. The van der Waals surface area contributed by atoms with Gasteiger partial charge in [-0.25, -0.2) is 13.1 Å². The number of anilines is 1. The van der Waals surface area contributed by atoms with Crippen LogP contribution >= 0.6 is 11.6 Å². The van der Waals surface area contributed by atoms with Crippen LogP contribution in [0.25, 0.3) is 0 Å². The minimum Gasteiger partial charge on any atom is -0.495 e. The average molecular weight is 349 g/mol. The van der Waals surface area contributed by atoms with Gasteiger partial charge in [0.05, 0.1) is 24.9 Å². The summed E-state index contributed by atoms with van der Waals surface area (Å²) >= 11 is 6.01. The molecule has 9 heteroatoms. The van der Waals surface area contributed by atoms with E-state index >= 15 is 0 Å². The highest BCUT2D eigenvalue weighted by Crippen LogP contribution is 2.27. The number of nitrogens with zero attached hydrogens (tertiary/aromatic N) is 1. The predicted octanol–water partition coefficient (Wildman–Crippen LogP) is 1.40. The summed E-state index contributed by atoms with van der Waals surface area (Å²) in [6, 6.07) is 5.10. The molecule has 1 rings (SSSR count). The molecule has 0 spiro atoms. The van der Waals surface area contributed by atoms with Gasteiger partial charge in [-0.2, -0.15) is 0 Å². The summed E-state index contributed by atoms with van der Waals surface area (Å²) in [6.45, 7) is 3.62. The van der Waals surface area contributed by atoms with Gasteiger partial charge in [0.2, 0.25) is 10.0 Å². The van der Waals surface area contributed by atoms with Crippen molar-refractivity contribution in [3.63, 3.8) is 0 Å². The van der Waals surface area contributed by atoms with Crippen LogP contribution in [0.2, 0.25) is 5.02 Å². The molecule has 124 valence electrons. The van der Waals surface area contributed by atoms with Crippen LogP contribution in [0, 0.1) is 0 Å². The normalized spacial score (nSPS) is 13.0. The lowest BCUT2D eigenvalue weighted by atomic mass is 10.1. The lowest BCUT2D eigenvalue weighted by Gasteiger charge is -2.22. The summed E-state index contributed by atoms with van der Waals surface area (Å²) < 4.78 is 30.0. The van der Waals surface area contributed by atoms with E-state index in [-0.39, 0.29) is 12.5 Å². The van der Waals surface area contributed by atoms with Gasteiger partial charge in [-0.05, 0) is 32.0 Å². The maximum atomic E-state index is 11.2. The number of ether oxygens (including phenoxy) is 1. The molecule has 0 saturated heterocycles. The van der Waals surface area contributed by atoms with Crippen LogP contribution in [0.4, 0.5) is 5.69 Å². The number of rotatable bonds is 6. The van der Waals surface area contributed by atoms with Crippen molar-refractivity contribution in [3.8, 4) is 5.75 Å². The zero-order valence-electron chi connectivity index (χ0n) is 13.0. The van der Waals surface area contributed by atoms with Crippen LogP contribution in [0.1, 0.15) is 13.8 Å². The second-order valence-electron chi connectivity index (χ2n) is 5.43. The van der Waals surface area contributed by atoms with Gasteiger partial charge in [-0.3, -0.25) is 4.99 Å². The molecule has 0 radical (unpaired) electrons. The monoisotopic (exact) mass is 348 g/mol. The molecule has 0 aliphatic carbocycles. The number of halogens is 1. The van der Waals surface area contributed by atoms with E-state index in [0.29, 0.717) is 16.5 Å². The van der Waals surface area contributed by atoms with Crippen molar-refractivity contribution in [2.24, 2.45) is 10.7 Å². The van der Waals surface area contributed by atoms with E-state index < -0.39 is 15.6 Å². The minimum absolute atomic E-state index is 0.157. The summed E-state index contributed by atoms with van der Waals surface area (Å²) in [5.74, 6) is 0.714. The van der Waals surface area contributed by atoms with E-state index in [9.17, 15) is 8.42 Å². The van der Waals surface area contributed by atoms with Gasteiger partial charge in [0, 0.05) is 11.2 Å². The third-order valence-electron chi connectivity index (χ3n) is 2.53. The van der Waals surface area contributed by atoms with Crippen molar-refractivity contribution in [1.82, 2.24) is 4.72 Å². The lowest BCUT2D eigenvalue weighted by Crippen LogP contribution is -2.45. The highest BCUT2D eigenvalue weighted by Gasteiger charge is 2.21. The first kappa shape index (κ1) is 18.5. The average Bonchev–Trinajstić information content (AvgIpc) is 2.34. The summed E-state index contributed by atoms with van der Waals surface area (Å²) in [6.07, 6.45) is 1.10. The number of nitrogens with one attached hydrogen (secondary N) is 2. The molecule has 1 aromatic carbocycles. The van der Waals surface area contributed by atoms with Gasteiger partial charge in [0.15, 0.2) is 5.96 Å². The van der Waals surface area contributed by atoms with Gasteiger partial charge >= 0.3 is 0 Å². The Labute approximate surface area is 135 Å². The molecule has 4 N–H and O–H groups in total. The van der Waals surface area contributed by atoms with Crippen LogP contribution in [0.3, 0.4) is 0 Å². The summed E-state index contributed by atoms with van der Waals surface area (Å²) in [7, 11) is -1.78. The van der Waals surface area contributed by atoms with Gasteiger partial charge < -0.3 is 15.8 Å². The quantitative estimate of drug-likeness (QED) is 0.532. The molecule has 0 aromatic heterocycles. The zero-order chi connectivity index (χ0) is 17.0. The Morgan fingerprint density at radius 2 is 2.09 bits per heavy atom. The third kappa shape index (κ3) is 6.50. The Kier molecular flexibility index (Phi) is 6.04. The minimum atomic E-state index is -3.31. The van der Waals surface area contributed by atoms with Gasteiger partial charge in [-0.15, -0.1) is 0 Å². The summed E-state index contributed by atoms with van der Waals surface area (Å²) in [5.41, 5.74) is 5.70. The fourth-order valence-electron chi connectivity index (χ4n) is 1.75. The molecule has 0 atom stereocenters. The Morgan fingerprint density at radius 3 is 2.59 bits per heavy atom. The molecule has 0 saturated carbocycles. The standard InChI is InChI=1S/C13H21ClN4O3S/c1-13(2,18-22(4,19)20)8-16-12(15)17-9-5-6-11(21-3)10(14)7-9/h5-7,18H,8H2,1-4H3,(H3,15,16,17). The SMILES string of the molecule is COc1ccc(NC(N)=NCC(C)(C)NS(C)(=O)=O)cc1Cl. The molecular weight excluding hydrogens is 328 g/mol. The Morgan fingerprint density at radius 1 is 1.45 bits per heavy atom.